The van der Waals surface area contributed by atoms with E-state index in [4.69, 9.17) is 16.3 Å². The molecule has 3 aromatic rings. The molecule has 0 saturated heterocycles. The Balaban J connectivity index is 1.47. The SMILES string of the molecule is O=C(OC(Cn1cncn1)c1ccc(Cl)cc1)c1ccc(NC(=O)C2CC2)s1. The fourth-order valence-corrected chi connectivity index (χ4v) is 3.57. The quantitative estimate of drug-likeness (QED) is 0.589. The number of nitrogens with zero attached hydrogens (tertiary/aromatic N) is 3. The Morgan fingerprint density at radius 1 is 1.25 bits per heavy atom. The van der Waals surface area contributed by atoms with Crippen LogP contribution in [0.5, 0.6) is 0 Å². The van der Waals surface area contributed by atoms with Crippen molar-refractivity contribution in [2.24, 2.45) is 5.92 Å². The van der Waals surface area contributed by atoms with Gasteiger partial charge in [0.15, 0.2) is 0 Å². The number of aromatic nitrogens is 3. The molecular weight excluding hydrogens is 400 g/mol. The monoisotopic (exact) mass is 416 g/mol. The third-order valence-corrected chi connectivity index (χ3v) is 5.54. The molecule has 1 aliphatic carbocycles. The molecule has 7 nitrogen and oxygen atoms in total. The van der Waals surface area contributed by atoms with Gasteiger partial charge in [-0.25, -0.2) is 14.5 Å². The highest BCUT2D eigenvalue weighted by molar-refractivity contribution is 7.18. The van der Waals surface area contributed by atoms with Crippen LogP contribution in [0.2, 0.25) is 5.02 Å². The van der Waals surface area contributed by atoms with E-state index in [-0.39, 0.29) is 11.8 Å². The highest BCUT2D eigenvalue weighted by Crippen LogP contribution is 2.32. The first-order chi connectivity index (χ1) is 13.6. The van der Waals surface area contributed by atoms with E-state index in [1.165, 1.54) is 17.7 Å². The predicted molar refractivity (Wildman–Crippen MR) is 105 cm³/mol. The summed E-state index contributed by atoms with van der Waals surface area (Å²) < 4.78 is 7.34. The molecule has 0 aliphatic heterocycles. The second kappa shape index (κ2) is 8.12. The lowest BCUT2D eigenvalue weighted by Crippen LogP contribution is -2.17. The van der Waals surface area contributed by atoms with Crippen LogP contribution in [0, 0.1) is 5.92 Å². The third-order valence-electron chi connectivity index (χ3n) is 4.31. The third kappa shape index (κ3) is 4.58. The van der Waals surface area contributed by atoms with Crippen molar-refractivity contribution in [3.05, 3.63) is 64.5 Å². The lowest BCUT2D eigenvalue weighted by molar-refractivity contribution is -0.117. The first-order valence-electron chi connectivity index (χ1n) is 8.78. The van der Waals surface area contributed by atoms with Crippen LogP contribution >= 0.6 is 22.9 Å². The number of esters is 1. The Kier molecular flexibility index (Phi) is 5.40. The lowest BCUT2D eigenvalue weighted by atomic mass is 10.1. The maximum absolute atomic E-state index is 12.7. The van der Waals surface area contributed by atoms with Crippen molar-refractivity contribution < 1.29 is 14.3 Å². The van der Waals surface area contributed by atoms with Gasteiger partial charge in [-0.1, -0.05) is 23.7 Å². The van der Waals surface area contributed by atoms with Crippen molar-refractivity contribution >= 4 is 39.8 Å². The summed E-state index contributed by atoms with van der Waals surface area (Å²) in [6, 6.07) is 10.5. The number of hydrogen-bond donors (Lipinski definition) is 1. The van der Waals surface area contributed by atoms with Crippen molar-refractivity contribution in [2.75, 3.05) is 5.32 Å². The van der Waals surface area contributed by atoms with Crippen molar-refractivity contribution in [3.8, 4) is 0 Å². The molecule has 9 heteroatoms. The Bertz CT molecular complexity index is 967. The van der Waals surface area contributed by atoms with Crippen LogP contribution in [-0.4, -0.2) is 26.6 Å². The Labute approximate surface area is 170 Å². The molecule has 1 amide bonds. The van der Waals surface area contributed by atoms with Crippen molar-refractivity contribution in [3.63, 3.8) is 0 Å². The van der Waals surface area contributed by atoms with E-state index in [0.29, 0.717) is 21.4 Å². The summed E-state index contributed by atoms with van der Waals surface area (Å²) in [5, 5.41) is 8.17. The number of benzene rings is 1. The number of amides is 1. The second-order valence-corrected chi connectivity index (χ2v) is 8.01. The van der Waals surface area contributed by atoms with E-state index < -0.39 is 12.1 Å². The van der Waals surface area contributed by atoms with E-state index in [1.807, 2.05) is 12.1 Å². The molecule has 0 radical (unpaired) electrons. The van der Waals surface area contributed by atoms with Crippen molar-refractivity contribution in [1.29, 1.82) is 0 Å². The lowest BCUT2D eigenvalue weighted by Gasteiger charge is -2.18. The number of ether oxygens (including phenoxy) is 1. The highest BCUT2D eigenvalue weighted by atomic mass is 35.5. The Hall–Kier alpha value is -2.71. The zero-order chi connectivity index (χ0) is 19.5. The van der Waals surface area contributed by atoms with Crippen LogP contribution in [0.3, 0.4) is 0 Å². The van der Waals surface area contributed by atoms with Gasteiger partial charge in [0.25, 0.3) is 0 Å². The summed E-state index contributed by atoms with van der Waals surface area (Å²) in [6.45, 7) is 0.323. The Morgan fingerprint density at radius 3 is 2.71 bits per heavy atom. The van der Waals surface area contributed by atoms with Gasteiger partial charge in [-0.15, -0.1) is 11.3 Å². The number of nitrogens with one attached hydrogen (secondary N) is 1. The number of rotatable bonds is 7. The van der Waals surface area contributed by atoms with Crippen LogP contribution < -0.4 is 5.32 Å². The topological polar surface area (TPSA) is 86.1 Å². The van der Waals surface area contributed by atoms with Crippen LogP contribution in [0.25, 0.3) is 0 Å². The fraction of sp³-hybridized carbons (Fsp3) is 0.263. The van der Waals surface area contributed by atoms with Gasteiger partial charge >= 0.3 is 5.97 Å². The molecule has 1 N–H and O–H groups in total. The molecule has 1 unspecified atom stereocenters. The normalized spacial score (nSPS) is 14.5. The summed E-state index contributed by atoms with van der Waals surface area (Å²) in [6.07, 6.45) is 4.29. The standard InChI is InChI=1S/C19H17ClN4O3S/c20-14-5-3-12(4-6-14)15(9-24-11-21-10-22-24)27-19(26)16-7-8-17(28-16)23-18(25)13-1-2-13/h3-8,10-11,13,15H,1-2,9H2,(H,23,25). The van der Waals surface area contributed by atoms with E-state index in [2.05, 4.69) is 15.4 Å². The van der Waals surface area contributed by atoms with Crippen molar-refractivity contribution in [1.82, 2.24) is 14.8 Å². The van der Waals surface area contributed by atoms with Gasteiger partial charge < -0.3 is 10.1 Å². The van der Waals surface area contributed by atoms with Crippen LogP contribution in [-0.2, 0) is 16.1 Å². The van der Waals surface area contributed by atoms with Gasteiger partial charge in [0.2, 0.25) is 5.91 Å². The van der Waals surface area contributed by atoms with Crippen LogP contribution in [0.1, 0.15) is 34.2 Å². The van der Waals surface area contributed by atoms with Gasteiger partial charge in [-0.05, 0) is 42.7 Å². The number of thiophene rings is 1. The van der Waals surface area contributed by atoms with Crippen molar-refractivity contribution in [2.45, 2.75) is 25.5 Å². The number of hydrogen-bond acceptors (Lipinski definition) is 6. The first-order valence-corrected chi connectivity index (χ1v) is 9.97. The molecule has 1 aliphatic rings. The largest absolute Gasteiger partial charge is 0.451 e. The van der Waals surface area contributed by atoms with E-state index in [0.717, 1.165) is 18.4 Å². The van der Waals surface area contributed by atoms with Crippen LogP contribution in [0.4, 0.5) is 5.00 Å². The molecule has 144 valence electrons. The first kappa shape index (κ1) is 18.6. The maximum atomic E-state index is 12.7. The fourth-order valence-electron chi connectivity index (χ4n) is 2.66. The molecule has 28 heavy (non-hydrogen) atoms. The van der Waals surface area contributed by atoms with E-state index >= 15 is 0 Å². The van der Waals surface area contributed by atoms with Gasteiger partial charge in [-0.3, -0.25) is 4.79 Å². The summed E-state index contributed by atoms with van der Waals surface area (Å²) >= 11 is 7.16. The number of halogens is 1. The molecule has 2 aromatic heterocycles. The van der Waals surface area contributed by atoms with Crippen LogP contribution in [0.15, 0.2) is 49.1 Å². The Morgan fingerprint density at radius 2 is 2.04 bits per heavy atom. The minimum atomic E-state index is -0.557. The van der Waals surface area contributed by atoms with E-state index in [9.17, 15) is 9.59 Å². The van der Waals surface area contributed by atoms with Gasteiger partial charge in [0.1, 0.15) is 23.6 Å². The van der Waals surface area contributed by atoms with Gasteiger partial charge in [0, 0.05) is 10.9 Å². The summed E-state index contributed by atoms with van der Waals surface area (Å²) in [5.41, 5.74) is 0.798. The number of carbonyl (C=O) groups excluding carboxylic acids is 2. The number of carbonyl (C=O) groups is 2. The molecule has 1 saturated carbocycles. The molecule has 1 aromatic carbocycles. The van der Waals surface area contributed by atoms with E-state index in [1.54, 1.807) is 35.3 Å². The maximum Gasteiger partial charge on any atom is 0.349 e. The molecule has 1 fully saturated rings. The molecule has 4 rings (SSSR count). The van der Waals surface area contributed by atoms with Gasteiger partial charge in [-0.2, -0.15) is 5.10 Å². The zero-order valence-corrected chi connectivity index (χ0v) is 16.3. The predicted octanol–water partition coefficient (Wildman–Crippen LogP) is 3.94. The summed E-state index contributed by atoms with van der Waals surface area (Å²) in [4.78, 5) is 28.9. The molecule has 0 spiro atoms. The summed E-state index contributed by atoms with van der Waals surface area (Å²) in [5.74, 6) is -0.349. The molecule has 0 bridgehead atoms. The summed E-state index contributed by atoms with van der Waals surface area (Å²) in [7, 11) is 0. The average Bonchev–Trinajstić information content (AvgIpc) is 3.22. The number of anilines is 1. The smallest absolute Gasteiger partial charge is 0.349 e. The minimum absolute atomic E-state index is 0.00647. The second-order valence-electron chi connectivity index (χ2n) is 6.49. The molecule has 2 heterocycles. The molecular formula is C19H17ClN4O3S. The molecule has 1 atom stereocenters. The van der Waals surface area contributed by atoms with Gasteiger partial charge in [0.05, 0.1) is 11.5 Å². The average molecular weight is 417 g/mol. The highest BCUT2D eigenvalue weighted by Gasteiger charge is 2.30. The minimum Gasteiger partial charge on any atom is -0.451 e. The zero-order valence-electron chi connectivity index (χ0n) is 14.7.